The fourth-order valence-electron chi connectivity index (χ4n) is 2.26. The summed E-state index contributed by atoms with van der Waals surface area (Å²) in [6, 6.07) is 5.29. The van der Waals surface area contributed by atoms with Crippen LogP contribution in [-0.4, -0.2) is 24.0 Å². The van der Waals surface area contributed by atoms with E-state index in [1.165, 1.54) is 4.88 Å². The monoisotopic (exact) mass is 322 g/mol. The molecule has 1 heterocycles. The normalized spacial score (nSPS) is 10.8. The van der Waals surface area contributed by atoms with Crippen molar-refractivity contribution in [2.75, 3.05) is 14.1 Å². The molecule has 122 valence electrons. The van der Waals surface area contributed by atoms with E-state index in [9.17, 15) is 4.39 Å². The number of hydrogen-bond acceptors (Lipinski definition) is 3. The smallest absolute Gasteiger partial charge is 0.133 e. The molecule has 0 bridgehead atoms. The zero-order valence-corrected chi connectivity index (χ0v) is 15.5. The van der Waals surface area contributed by atoms with E-state index in [1.807, 2.05) is 47.0 Å². The molecule has 0 N–H and O–H groups in total. The van der Waals surface area contributed by atoms with Crippen LogP contribution in [0.2, 0.25) is 0 Å². The zero-order valence-electron chi connectivity index (χ0n) is 14.7. The van der Waals surface area contributed by atoms with Gasteiger partial charge in [-0.2, -0.15) is 0 Å². The van der Waals surface area contributed by atoms with E-state index in [-0.39, 0.29) is 5.82 Å². The molecule has 0 atom stereocenters. The molecule has 0 spiro atoms. The number of aryl methyl sites for hydroxylation is 1. The van der Waals surface area contributed by atoms with Crippen molar-refractivity contribution in [3.05, 3.63) is 40.2 Å². The Bertz CT molecular complexity index is 603. The number of hydrogen-bond donors (Lipinski definition) is 0. The van der Waals surface area contributed by atoms with E-state index >= 15 is 0 Å². The van der Waals surface area contributed by atoms with E-state index in [0.29, 0.717) is 11.5 Å². The lowest BCUT2D eigenvalue weighted by Crippen LogP contribution is -2.10. The fourth-order valence-corrected chi connectivity index (χ4v) is 3.35. The number of nitrogens with zero attached hydrogens (tertiary/aromatic N) is 2. The summed E-state index contributed by atoms with van der Waals surface area (Å²) in [6.45, 7) is 11.1. The summed E-state index contributed by atoms with van der Waals surface area (Å²) >= 11 is 1.60. The van der Waals surface area contributed by atoms with Crippen molar-refractivity contribution in [3.63, 3.8) is 0 Å². The Morgan fingerprint density at radius 2 is 1.86 bits per heavy atom. The van der Waals surface area contributed by atoms with Crippen molar-refractivity contribution >= 4 is 11.3 Å². The molecule has 0 fully saturated rings. The molecule has 0 aliphatic carbocycles. The van der Waals surface area contributed by atoms with Gasteiger partial charge in [0.25, 0.3) is 0 Å². The lowest BCUT2D eigenvalue weighted by atomic mass is 10.1. The second kappa shape index (κ2) is 8.39. The molecular formula is C18H27FN2S. The van der Waals surface area contributed by atoms with Crippen LogP contribution in [0, 0.1) is 12.7 Å². The topological polar surface area (TPSA) is 16.1 Å². The molecule has 0 saturated carbocycles. The van der Waals surface area contributed by atoms with Gasteiger partial charge in [0, 0.05) is 17.0 Å². The molecule has 0 aliphatic rings. The highest BCUT2D eigenvalue weighted by atomic mass is 32.1. The Labute approximate surface area is 138 Å². The van der Waals surface area contributed by atoms with Gasteiger partial charge < -0.3 is 4.90 Å². The summed E-state index contributed by atoms with van der Waals surface area (Å²) in [6.07, 6.45) is 0. The Hall–Kier alpha value is -1.26. The SMILES string of the molecule is CC.Cc1nc(-c2cc(CN(C)C)ccc2F)sc1C(C)C. The third-order valence-electron chi connectivity index (χ3n) is 3.12. The van der Waals surface area contributed by atoms with E-state index in [1.54, 1.807) is 17.4 Å². The van der Waals surface area contributed by atoms with Gasteiger partial charge in [0.15, 0.2) is 0 Å². The molecule has 4 heteroatoms. The summed E-state index contributed by atoms with van der Waals surface area (Å²) in [5, 5.41) is 0.782. The Morgan fingerprint density at radius 3 is 2.36 bits per heavy atom. The van der Waals surface area contributed by atoms with Gasteiger partial charge in [0.1, 0.15) is 10.8 Å². The van der Waals surface area contributed by atoms with Crippen LogP contribution in [0.15, 0.2) is 18.2 Å². The first kappa shape index (κ1) is 18.8. The van der Waals surface area contributed by atoms with Gasteiger partial charge in [0.2, 0.25) is 0 Å². The first-order valence-electron chi connectivity index (χ1n) is 7.79. The molecule has 0 unspecified atom stereocenters. The van der Waals surface area contributed by atoms with Gasteiger partial charge in [-0.3, -0.25) is 0 Å². The Morgan fingerprint density at radius 1 is 1.23 bits per heavy atom. The van der Waals surface area contributed by atoms with Crippen LogP contribution in [0.1, 0.15) is 49.7 Å². The van der Waals surface area contributed by atoms with Gasteiger partial charge in [-0.05, 0) is 44.6 Å². The van der Waals surface area contributed by atoms with Crippen molar-refractivity contribution in [1.29, 1.82) is 0 Å². The van der Waals surface area contributed by atoms with Crippen molar-refractivity contribution in [2.45, 2.75) is 47.1 Å². The quantitative estimate of drug-likeness (QED) is 0.742. The average Bonchev–Trinajstić information content (AvgIpc) is 2.84. The molecule has 0 saturated heterocycles. The van der Waals surface area contributed by atoms with Crippen LogP contribution in [0.25, 0.3) is 10.6 Å². The third-order valence-corrected chi connectivity index (χ3v) is 4.61. The molecule has 2 aromatic rings. The lowest BCUT2D eigenvalue weighted by Gasteiger charge is -2.10. The number of rotatable bonds is 4. The molecule has 0 radical (unpaired) electrons. The van der Waals surface area contributed by atoms with Crippen molar-refractivity contribution in [3.8, 4) is 10.6 Å². The van der Waals surface area contributed by atoms with Crippen LogP contribution >= 0.6 is 11.3 Å². The molecule has 22 heavy (non-hydrogen) atoms. The second-order valence-electron chi connectivity index (χ2n) is 5.68. The van der Waals surface area contributed by atoms with Crippen molar-refractivity contribution in [2.24, 2.45) is 0 Å². The van der Waals surface area contributed by atoms with E-state index < -0.39 is 0 Å². The van der Waals surface area contributed by atoms with Crippen molar-refractivity contribution in [1.82, 2.24) is 9.88 Å². The molecule has 2 rings (SSSR count). The number of aromatic nitrogens is 1. The fraction of sp³-hybridized carbons (Fsp3) is 0.500. The lowest BCUT2D eigenvalue weighted by molar-refractivity contribution is 0.402. The summed E-state index contributed by atoms with van der Waals surface area (Å²) in [5.74, 6) is 0.228. The minimum absolute atomic E-state index is 0.198. The largest absolute Gasteiger partial charge is 0.305 e. The summed E-state index contributed by atoms with van der Waals surface area (Å²) in [4.78, 5) is 7.85. The van der Waals surface area contributed by atoms with Crippen LogP contribution in [0.5, 0.6) is 0 Å². The number of benzene rings is 1. The standard InChI is InChI=1S/C16H21FN2S.C2H6/c1-10(2)15-11(3)18-16(20-15)13-8-12(9-19(4)5)6-7-14(13)17;1-2/h6-8,10H,9H2,1-5H3;1-2H3. The number of thiazole rings is 1. The predicted octanol–water partition coefficient (Wildman–Crippen LogP) is 5.47. The molecule has 0 amide bonds. The minimum Gasteiger partial charge on any atom is -0.305 e. The summed E-state index contributed by atoms with van der Waals surface area (Å²) < 4.78 is 14.1. The van der Waals surface area contributed by atoms with Crippen LogP contribution in [0.3, 0.4) is 0 Å². The second-order valence-corrected chi connectivity index (χ2v) is 6.71. The van der Waals surface area contributed by atoms with Crippen LogP contribution in [0.4, 0.5) is 4.39 Å². The first-order chi connectivity index (χ1) is 10.4. The van der Waals surface area contributed by atoms with Gasteiger partial charge in [-0.15, -0.1) is 11.3 Å². The Balaban J connectivity index is 0.00000116. The Kier molecular flexibility index (Phi) is 7.17. The molecule has 1 aromatic heterocycles. The highest BCUT2D eigenvalue weighted by molar-refractivity contribution is 7.15. The maximum Gasteiger partial charge on any atom is 0.133 e. The van der Waals surface area contributed by atoms with Gasteiger partial charge in [-0.1, -0.05) is 33.8 Å². The molecule has 2 nitrogen and oxygen atoms in total. The third kappa shape index (κ3) is 4.62. The van der Waals surface area contributed by atoms with Crippen LogP contribution in [-0.2, 0) is 6.54 Å². The summed E-state index contributed by atoms with van der Waals surface area (Å²) in [5.41, 5.74) is 2.73. The maximum absolute atomic E-state index is 14.1. The van der Waals surface area contributed by atoms with Gasteiger partial charge >= 0.3 is 0 Å². The van der Waals surface area contributed by atoms with E-state index in [0.717, 1.165) is 22.8 Å². The average molecular weight is 322 g/mol. The molecule has 1 aromatic carbocycles. The first-order valence-corrected chi connectivity index (χ1v) is 8.61. The summed E-state index contributed by atoms with van der Waals surface area (Å²) in [7, 11) is 4.01. The molecular weight excluding hydrogens is 295 g/mol. The zero-order chi connectivity index (χ0) is 16.9. The van der Waals surface area contributed by atoms with Gasteiger partial charge in [0.05, 0.1) is 5.69 Å². The van der Waals surface area contributed by atoms with Gasteiger partial charge in [-0.25, -0.2) is 9.37 Å². The van der Waals surface area contributed by atoms with Crippen molar-refractivity contribution < 1.29 is 4.39 Å². The molecule has 0 aliphatic heterocycles. The van der Waals surface area contributed by atoms with E-state index in [2.05, 4.69) is 23.7 Å². The highest BCUT2D eigenvalue weighted by Gasteiger charge is 2.15. The maximum atomic E-state index is 14.1. The van der Waals surface area contributed by atoms with Crippen LogP contribution < -0.4 is 0 Å². The number of halogens is 1. The minimum atomic E-state index is -0.198. The predicted molar refractivity (Wildman–Crippen MR) is 95.1 cm³/mol. The highest BCUT2D eigenvalue weighted by Crippen LogP contribution is 2.34. The van der Waals surface area contributed by atoms with E-state index in [4.69, 9.17) is 0 Å².